The summed E-state index contributed by atoms with van der Waals surface area (Å²) in [5, 5.41) is 0. The number of sulfonamides is 1. The Morgan fingerprint density at radius 2 is 1.67 bits per heavy atom. The van der Waals surface area contributed by atoms with Crippen LogP contribution in [0.3, 0.4) is 0 Å². The molecule has 6 heteroatoms. The second-order valence-electron chi connectivity index (χ2n) is 4.82. The van der Waals surface area contributed by atoms with E-state index in [-0.39, 0.29) is 11.4 Å². The summed E-state index contributed by atoms with van der Waals surface area (Å²) >= 11 is 0. The van der Waals surface area contributed by atoms with Crippen molar-refractivity contribution >= 4 is 10.0 Å². The maximum atomic E-state index is 13.1. The highest BCUT2D eigenvalue weighted by atomic mass is 32.2. The molecule has 0 aliphatic heterocycles. The van der Waals surface area contributed by atoms with Gasteiger partial charge in [-0.3, -0.25) is 0 Å². The highest BCUT2D eigenvalue weighted by molar-refractivity contribution is 7.89. The Labute approximate surface area is 122 Å². The minimum atomic E-state index is -3.88. The molecule has 0 unspecified atom stereocenters. The summed E-state index contributed by atoms with van der Waals surface area (Å²) in [4.78, 5) is -0.301. The normalized spacial score (nSPS) is 11.6. The smallest absolute Gasteiger partial charge is 0.207 e. The van der Waals surface area contributed by atoms with Gasteiger partial charge in [-0.2, -0.15) is 0 Å². The van der Waals surface area contributed by atoms with Crippen LogP contribution in [-0.4, -0.2) is 8.42 Å². The summed E-state index contributed by atoms with van der Waals surface area (Å²) in [6.07, 6.45) is 0. The van der Waals surface area contributed by atoms with Gasteiger partial charge in [-0.15, -0.1) is 0 Å². The summed E-state index contributed by atoms with van der Waals surface area (Å²) in [6, 6.07) is 8.08. The van der Waals surface area contributed by atoms with Crippen LogP contribution in [0.5, 0.6) is 0 Å². The van der Waals surface area contributed by atoms with Gasteiger partial charge in [0.2, 0.25) is 10.0 Å². The third-order valence-corrected chi connectivity index (χ3v) is 4.64. The fraction of sp³-hybridized carbons (Fsp3) is 0.200. The van der Waals surface area contributed by atoms with Crippen LogP contribution in [0.2, 0.25) is 0 Å². The molecule has 0 saturated heterocycles. The molecule has 0 heterocycles. The molecule has 2 aromatic rings. The lowest BCUT2D eigenvalue weighted by Gasteiger charge is -2.09. The van der Waals surface area contributed by atoms with Crippen molar-refractivity contribution in [1.82, 2.24) is 4.72 Å². The summed E-state index contributed by atoms with van der Waals surface area (Å²) < 4.78 is 52.3. The molecular weight excluding hydrogens is 296 g/mol. The van der Waals surface area contributed by atoms with E-state index in [0.717, 1.165) is 28.8 Å². The van der Waals surface area contributed by atoms with E-state index in [1.807, 2.05) is 32.0 Å². The predicted octanol–water partition coefficient (Wildman–Crippen LogP) is 3.06. The highest BCUT2D eigenvalue weighted by Gasteiger charge is 2.16. The van der Waals surface area contributed by atoms with Crippen molar-refractivity contribution in [2.75, 3.05) is 0 Å². The van der Waals surface area contributed by atoms with Gasteiger partial charge in [0.25, 0.3) is 0 Å². The first-order valence-corrected chi connectivity index (χ1v) is 7.79. The molecule has 0 aliphatic carbocycles. The Morgan fingerprint density at radius 1 is 0.952 bits per heavy atom. The van der Waals surface area contributed by atoms with Crippen LogP contribution in [-0.2, 0) is 16.6 Å². The second-order valence-corrected chi connectivity index (χ2v) is 6.59. The van der Waals surface area contributed by atoms with Crippen molar-refractivity contribution in [1.29, 1.82) is 0 Å². The number of rotatable bonds is 4. The lowest BCUT2D eigenvalue weighted by Crippen LogP contribution is -2.23. The van der Waals surface area contributed by atoms with Crippen LogP contribution in [0.4, 0.5) is 8.78 Å². The molecule has 0 fully saturated rings. The maximum absolute atomic E-state index is 13.1. The molecular formula is C15H15F2NO2S. The highest BCUT2D eigenvalue weighted by Crippen LogP contribution is 2.15. The molecule has 0 spiro atoms. The third-order valence-electron chi connectivity index (χ3n) is 3.24. The summed E-state index contributed by atoms with van der Waals surface area (Å²) in [6.45, 7) is 3.98. The van der Waals surface area contributed by atoms with Crippen LogP contribution in [0, 0.1) is 25.5 Å². The minimum Gasteiger partial charge on any atom is -0.207 e. The fourth-order valence-electron chi connectivity index (χ4n) is 1.82. The first-order valence-electron chi connectivity index (χ1n) is 6.30. The number of halogens is 2. The van der Waals surface area contributed by atoms with E-state index in [9.17, 15) is 17.2 Å². The van der Waals surface area contributed by atoms with Crippen LogP contribution >= 0.6 is 0 Å². The molecule has 0 aliphatic rings. The van der Waals surface area contributed by atoms with Crippen LogP contribution < -0.4 is 4.72 Å². The number of benzene rings is 2. The van der Waals surface area contributed by atoms with Crippen LogP contribution in [0.15, 0.2) is 41.3 Å². The van der Waals surface area contributed by atoms with Gasteiger partial charge in [-0.1, -0.05) is 18.2 Å². The standard InChI is InChI=1S/C15H15F2NO2S/c1-10-3-4-12(7-11(10)2)9-18-21(19,20)13-5-6-14(16)15(17)8-13/h3-8,18H,9H2,1-2H3. The molecule has 0 bridgehead atoms. The maximum Gasteiger partial charge on any atom is 0.240 e. The summed E-state index contributed by atoms with van der Waals surface area (Å²) in [5.74, 6) is -2.27. The third kappa shape index (κ3) is 3.65. The van der Waals surface area contributed by atoms with E-state index in [0.29, 0.717) is 6.07 Å². The van der Waals surface area contributed by atoms with E-state index < -0.39 is 21.7 Å². The van der Waals surface area contributed by atoms with Crippen molar-refractivity contribution in [3.8, 4) is 0 Å². The van der Waals surface area contributed by atoms with Gasteiger partial charge in [-0.05, 0) is 48.7 Å². The summed E-state index contributed by atoms with van der Waals surface area (Å²) in [7, 11) is -3.88. The molecule has 0 radical (unpaired) electrons. The Bertz CT molecular complexity index is 773. The first-order chi connectivity index (χ1) is 9.79. The molecule has 0 atom stereocenters. The minimum absolute atomic E-state index is 0.0858. The summed E-state index contributed by atoms with van der Waals surface area (Å²) in [5.41, 5.74) is 2.96. The van der Waals surface area contributed by atoms with E-state index in [1.165, 1.54) is 0 Å². The van der Waals surface area contributed by atoms with Gasteiger partial charge in [0.05, 0.1) is 4.90 Å². The molecule has 112 valence electrons. The molecule has 0 amide bonds. The number of hydrogen-bond acceptors (Lipinski definition) is 2. The number of aryl methyl sites for hydroxylation is 2. The molecule has 2 aromatic carbocycles. The zero-order valence-electron chi connectivity index (χ0n) is 11.7. The van der Waals surface area contributed by atoms with Gasteiger partial charge in [0.15, 0.2) is 11.6 Å². The van der Waals surface area contributed by atoms with Crippen LogP contribution in [0.25, 0.3) is 0 Å². The van der Waals surface area contributed by atoms with Gasteiger partial charge in [-0.25, -0.2) is 21.9 Å². The molecule has 0 aromatic heterocycles. The monoisotopic (exact) mass is 311 g/mol. The fourth-order valence-corrected chi connectivity index (χ4v) is 2.85. The zero-order chi connectivity index (χ0) is 15.6. The van der Waals surface area contributed by atoms with Crippen molar-refractivity contribution in [2.24, 2.45) is 0 Å². The Morgan fingerprint density at radius 3 is 2.29 bits per heavy atom. The molecule has 2 rings (SSSR count). The van der Waals surface area contributed by atoms with Gasteiger partial charge >= 0.3 is 0 Å². The Hall–Kier alpha value is -1.79. The van der Waals surface area contributed by atoms with Crippen molar-refractivity contribution in [3.05, 3.63) is 64.7 Å². The van der Waals surface area contributed by atoms with Gasteiger partial charge in [0.1, 0.15) is 0 Å². The van der Waals surface area contributed by atoms with Gasteiger partial charge < -0.3 is 0 Å². The average Bonchev–Trinajstić information content (AvgIpc) is 2.43. The largest absolute Gasteiger partial charge is 0.240 e. The zero-order valence-corrected chi connectivity index (χ0v) is 12.5. The lowest BCUT2D eigenvalue weighted by atomic mass is 10.1. The number of nitrogens with one attached hydrogen (secondary N) is 1. The molecule has 1 N–H and O–H groups in total. The van der Waals surface area contributed by atoms with E-state index >= 15 is 0 Å². The lowest BCUT2D eigenvalue weighted by molar-refractivity contribution is 0.504. The molecule has 21 heavy (non-hydrogen) atoms. The number of hydrogen-bond donors (Lipinski definition) is 1. The second kappa shape index (κ2) is 5.91. The van der Waals surface area contributed by atoms with E-state index in [2.05, 4.69) is 4.72 Å². The Kier molecular flexibility index (Phi) is 4.39. The average molecular weight is 311 g/mol. The van der Waals surface area contributed by atoms with Crippen molar-refractivity contribution in [2.45, 2.75) is 25.3 Å². The topological polar surface area (TPSA) is 46.2 Å². The van der Waals surface area contributed by atoms with Crippen LogP contribution in [0.1, 0.15) is 16.7 Å². The Balaban J connectivity index is 2.17. The SMILES string of the molecule is Cc1ccc(CNS(=O)(=O)c2ccc(F)c(F)c2)cc1C. The molecule has 0 saturated carbocycles. The first kappa shape index (κ1) is 15.6. The predicted molar refractivity (Wildman–Crippen MR) is 76.3 cm³/mol. The quantitative estimate of drug-likeness (QED) is 0.943. The van der Waals surface area contributed by atoms with Crippen molar-refractivity contribution in [3.63, 3.8) is 0 Å². The van der Waals surface area contributed by atoms with Crippen molar-refractivity contribution < 1.29 is 17.2 Å². The van der Waals surface area contributed by atoms with Gasteiger partial charge in [0, 0.05) is 6.54 Å². The van der Waals surface area contributed by atoms with E-state index in [1.54, 1.807) is 0 Å². The molecule has 3 nitrogen and oxygen atoms in total. The van der Waals surface area contributed by atoms with E-state index in [4.69, 9.17) is 0 Å².